The van der Waals surface area contributed by atoms with Crippen LogP contribution in [-0.2, 0) is 0 Å². The second-order valence-electron chi connectivity index (χ2n) is 6.04. The molecule has 3 heteroatoms. The molecule has 0 aromatic heterocycles. The Morgan fingerprint density at radius 3 is 2.71 bits per heavy atom. The van der Waals surface area contributed by atoms with Crippen molar-refractivity contribution in [3.05, 3.63) is 0 Å². The fraction of sp³-hybridized carbons (Fsp3) is 1.00. The molecule has 0 spiro atoms. The number of hydrogen-bond acceptors (Lipinski definition) is 3. The van der Waals surface area contributed by atoms with E-state index in [2.05, 4.69) is 17.3 Å². The summed E-state index contributed by atoms with van der Waals surface area (Å²) in [5, 5.41) is 13.5. The van der Waals surface area contributed by atoms with Gasteiger partial charge in [0.15, 0.2) is 0 Å². The summed E-state index contributed by atoms with van der Waals surface area (Å²) >= 11 is 0. The summed E-state index contributed by atoms with van der Waals surface area (Å²) in [4.78, 5) is 2.44. The first kappa shape index (κ1) is 13.3. The van der Waals surface area contributed by atoms with Crippen LogP contribution in [0.3, 0.4) is 0 Å². The molecular formula is C14H28N2O. The number of aliphatic hydroxyl groups is 1. The minimum absolute atomic E-state index is 0.0507. The van der Waals surface area contributed by atoms with Crippen molar-refractivity contribution < 1.29 is 5.11 Å². The molecule has 0 amide bonds. The van der Waals surface area contributed by atoms with Gasteiger partial charge in [-0.1, -0.05) is 12.8 Å². The van der Waals surface area contributed by atoms with Gasteiger partial charge in [-0.2, -0.15) is 0 Å². The molecule has 1 heterocycles. The monoisotopic (exact) mass is 240 g/mol. The van der Waals surface area contributed by atoms with Crippen molar-refractivity contribution in [1.29, 1.82) is 0 Å². The van der Waals surface area contributed by atoms with Crippen LogP contribution in [0.4, 0.5) is 0 Å². The fourth-order valence-electron chi connectivity index (χ4n) is 3.34. The van der Waals surface area contributed by atoms with E-state index in [0.717, 1.165) is 25.4 Å². The SMILES string of the molecule is CN1CCCC(CNCC2CCCCC2O)C1. The van der Waals surface area contributed by atoms with E-state index in [1.165, 1.54) is 45.2 Å². The summed E-state index contributed by atoms with van der Waals surface area (Å²) in [6.45, 7) is 4.65. The van der Waals surface area contributed by atoms with Crippen molar-refractivity contribution in [2.75, 3.05) is 33.2 Å². The zero-order chi connectivity index (χ0) is 12.1. The van der Waals surface area contributed by atoms with Gasteiger partial charge in [0.05, 0.1) is 6.10 Å². The van der Waals surface area contributed by atoms with Crippen LogP contribution < -0.4 is 5.32 Å². The van der Waals surface area contributed by atoms with Crippen molar-refractivity contribution >= 4 is 0 Å². The molecule has 1 aliphatic heterocycles. The molecular weight excluding hydrogens is 212 g/mol. The molecule has 3 atom stereocenters. The number of piperidine rings is 1. The predicted octanol–water partition coefficient (Wildman–Crippen LogP) is 1.47. The van der Waals surface area contributed by atoms with Crippen LogP contribution in [0.5, 0.6) is 0 Å². The Hall–Kier alpha value is -0.120. The van der Waals surface area contributed by atoms with Crippen molar-refractivity contribution in [3.8, 4) is 0 Å². The van der Waals surface area contributed by atoms with Crippen LogP contribution in [0, 0.1) is 11.8 Å². The largest absolute Gasteiger partial charge is 0.393 e. The summed E-state index contributed by atoms with van der Waals surface area (Å²) in [6.07, 6.45) is 7.39. The lowest BCUT2D eigenvalue weighted by molar-refractivity contribution is 0.0684. The maximum Gasteiger partial charge on any atom is 0.0580 e. The highest BCUT2D eigenvalue weighted by Gasteiger charge is 2.23. The lowest BCUT2D eigenvalue weighted by Crippen LogP contribution is -2.40. The Bertz CT molecular complexity index is 222. The average Bonchev–Trinajstić information content (AvgIpc) is 2.32. The smallest absolute Gasteiger partial charge is 0.0580 e. The predicted molar refractivity (Wildman–Crippen MR) is 71.1 cm³/mol. The minimum atomic E-state index is -0.0507. The summed E-state index contributed by atoms with van der Waals surface area (Å²) in [7, 11) is 2.22. The first-order valence-electron chi connectivity index (χ1n) is 7.33. The van der Waals surface area contributed by atoms with E-state index in [4.69, 9.17) is 0 Å². The first-order chi connectivity index (χ1) is 8.25. The van der Waals surface area contributed by atoms with E-state index in [0.29, 0.717) is 5.92 Å². The van der Waals surface area contributed by atoms with Crippen LogP contribution >= 0.6 is 0 Å². The van der Waals surface area contributed by atoms with Crippen LogP contribution in [0.1, 0.15) is 38.5 Å². The highest BCUT2D eigenvalue weighted by molar-refractivity contribution is 4.78. The Morgan fingerprint density at radius 1 is 1.12 bits per heavy atom. The van der Waals surface area contributed by atoms with Gasteiger partial charge in [-0.15, -0.1) is 0 Å². The number of rotatable bonds is 4. The number of likely N-dealkylation sites (tertiary alicyclic amines) is 1. The van der Waals surface area contributed by atoms with Crippen molar-refractivity contribution in [3.63, 3.8) is 0 Å². The van der Waals surface area contributed by atoms with Gasteiger partial charge in [0.2, 0.25) is 0 Å². The molecule has 2 rings (SSSR count). The number of aliphatic hydroxyl groups excluding tert-OH is 1. The molecule has 2 fully saturated rings. The molecule has 0 aromatic rings. The van der Waals surface area contributed by atoms with Gasteiger partial charge >= 0.3 is 0 Å². The molecule has 100 valence electrons. The molecule has 1 aliphatic carbocycles. The fourth-order valence-corrected chi connectivity index (χ4v) is 3.34. The molecule has 2 aliphatic rings. The third-order valence-corrected chi connectivity index (χ3v) is 4.43. The summed E-state index contributed by atoms with van der Waals surface area (Å²) < 4.78 is 0. The molecule has 2 N–H and O–H groups in total. The molecule has 17 heavy (non-hydrogen) atoms. The van der Waals surface area contributed by atoms with Crippen LogP contribution in [0.25, 0.3) is 0 Å². The molecule has 0 bridgehead atoms. The van der Waals surface area contributed by atoms with Gasteiger partial charge < -0.3 is 15.3 Å². The van der Waals surface area contributed by atoms with E-state index < -0.39 is 0 Å². The third-order valence-electron chi connectivity index (χ3n) is 4.43. The summed E-state index contributed by atoms with van der Waals surface area (Å²) in [5.41, 5.74) is 0. The maximum absolute atomic E-state index is 9.90. The molecule has 0 radical (unpaired) electrons. The summed E-state index contributed by atoms with van der Waals surface area (Å²) in [5.74, 6) is 1.32. The minimum Gasteiger partial charge on any atom is -0.393 e. The van der Waals surface area contributed by atoms with Gasteiger partial charge in [0.25, 0.3) is 0 Å². The Morgan fingerprint density at radius 2 is 1.94 bits per heavy atom. The van der Waals surface area contributed by atoms with Crippen LogP contribution in [0.15, 0.2) is 0 Å². The summed E-state index contributed by atoms with van der Waals surface area (Å²) in [6, 6.07) is 0. The number of nitrogens with zero attached hydrogens (tertiary/aromatic N) is 1. The topological polar surface area (TPSA) is 35.5 Å². The standard InChI is InChI=1S/C14H28N2O/c1-16-8-4-5-12(11-16)9-15-10-13-6-2-3-7-14(13)17/h12-15,17H,2-11H2,1H3. The molecule has 1 saturated heterocycles. The van der Waals surface area contributed by atoms with Gasteiger partial charge in [-0.05, 0) is 57.7 Å². The molecule has 1 saturated carbocycles. The lowest BCUT2D eigenvalue weighted by Gasteiger charge is -2.31. The van der Waals surface area contributed by atoms with Gasteiger partial charge in [-0.3, -0.25) is 0 Å². The van der Waals surface area contributed by atoms with Gasteiger partial charge in [0, 0.05) is 13.1 Å². The third kappa shape index (κ3) is 4.23. The van der Waals surface area contributed by atoms with Crippen LogP contribution in [0.2, 0.25) is 0 Å². The highest BCUT2D eigenvalue weighted by Crippen LogP contribution is 2.23. The van der Waals surface area contributed by atoms with Crippen molar-refractivity contribution in [2.45, 2.75) is 44.6 Å². The van der Waals surface area contributed by atoms with Crippen molar-refractivity contribution in [1.82, 2.24) is 10.2 Å². The van der Waals surface area contributed by atoms with E-state index in [-0.39, 0.29) is 6.10 Å². The highest BCUT2D eigenvalue weighted by atomic mass is 16.3. The van der Waals surface area contributed by atoms with Gasteiger partial charge in [0.1, 0.15) is 0 Å². The Labute approximate surface area is 106 Å². The molecule has 0 aromatic carbocycles. The van der Waals surface area contributed by atoms with Crippen LogP contribution in [-0.4, -0.2) is 49.3 Å². The second kappa shape index (κ2) is 6.72. The van der Waals surface area contributed by atoms with E-state index in [1.807, 2.05) is 0 Å². The van der Waals surface area contributed by atoms with Gasteiger partial charge in [-0.25, -0.2) is 0 Å². The number of hydrogen-bond donors (Lipinski definition) is 2. The van der Waals surface area contributed by atoms with E-state index in [9.17, 15) is 5.11 Å². The molecule has 3 nitrogen and oxygen atoms in total. The van der Waals surface area contributed by atoms with Crippen molar-refractivity contribution in [2.24, 2.45) is 11.8 Å². The zero-order valence-electron chi connectivity index (χ0n) is 11.2. The normalized spacial score (nSPS) is 36.0. The quantitative estimate of drug-likeness (QED) is 0.781. The number of nitrogens with one attached hydrogen (secondary N) is 1. The Balaban J connectivity index is 1.61. The molecule has 3 unspecified atom stereocenters. The van der Waals surface area contributed by atoms with E-state index >= 15 is 0 Å². The van der Waals surface area contributed by atoms with E-state index in [1.54, 1.807) is 0 Å². The maximum atomic E-state index is 9.90. The average molecular weight is 240 g/mol. The Kier molecular flexibility index (Phi) is 5.26. The lowest BCUT2D eigenvalue weighted by atomic mass is 9.86. The second-order valence-corrected chi connectivity index (χ2v) is 6.04. The first-order valence-corrected chi connectivity index (χ1v) is 7.33. The zero-order valence-corrected chi connectivity index (χ0v) is 11.2.